The molecule has 2 aliphatic heterocycles. The van der Waals surface area contributed by atoms with Crippen LogP contribution in [0.3, 0.4) is 0 Å². The largest absolute Gasteiger partial charge is 0.349 e. The van der Waals surface area contributed by atoms with Crippen molar-refractivity contribution < 1.29 is 14.2 Å². The summed E-state index contributed by atoms with van der Waals surface area (Å²) in [5.41, 5.74) is -0.286. The standard InChI is InChI=1S/C30H58O3/c1-21(2)23(5,6)25(9,10)27(13,14)29(17-19-31-29)33-30(18-20-32-30)28(15,16)26(11,12)24(7,8)22(3)4/h21-22H,17-20H2,1-16H3. The Morgan fingerprint density at radius 3 is 0.939 bits per heavy atom. The molecule has 2 saturated heterocycles. The van der Waals surface area contributed by atoms with E-state index in [0.717, 1.165) is 26.1 Å². The van der Waals surface area contributed by atoms with Crippen molar-refractivity contribution in [3.05, 3.63) is 0 Å². The first-order chi connectivity index (χ1) is 14.5. The van der Waals surface area contributed by atoms with E-state index in [0.29, 0.717) is 11.8 Å². The van der Waals surface area contributed by atoms with E-state index in [1.807, 2.05) is 0 Å². The van der Waals surface area contributed by atoms with E-state index in [4.69, 9.17) is 14.2 Å². The second-order valence-corrected chi connectivity index (χ2v) is 15.1. The fourth-order valence-corrected chi connectivity index (χ4v) is 6.25. The minimum Gasteiger partial charge on any atom is -0.349 e. The predicted molar refractivity (Wildman–Crippen MR) is 140 cm³/mol. The Balaban J connectivity index is 2.55. The maximum Gasteiger partial charge on any atom is 0.179 e. The van der Waals surface area contributed by atoms with Crippen LogP contribution in [0.15, 0.2) is 0 Å². The van der Waals surface area contributed by atoms with Crippen molar-refractivity contribution in [2.75, 3.05) is 13.2 Å². The average Bonchev–Trinajstić information content (AvgIpc) is 2.58. The van der Waals surface area contributed by atoms with E-state index in [1.165, 1.54) is 0 Å². The van der Waals surface area contributed by atoms with Gasteiger partial charge in [-0.25, -0.2) is 0 Å². The van der Waals surface area contributed by atoms with Crippen molar-refractivity contribution in [3.8, 4) is 0 Å². The highest BCUT2D eigenvalue weighted by Gasteiger charge is 2.70. The summed E-state index contributed by atoms with van der Waals surface area (Å²) in [7, 11) is 0. The molecule has 0 radical (unpaired) electrons. The Labute approximate surface area is 207 Å². The summed E-state index contributed by atoms with van der Waals surface area (Å²) in [4.78, 5) is 0. The van der Waals surface area contributed by atoms with Crippen molar-refractivity contribution in [1.29, 1.82) is 0 Å². The molecule has 3 nitrogen and oxygen atoms in total. The molecular formula is C30H58O3. The van der Waals surface area contributed by atoms with Crippen molar-refractivity contribution in [1.82, 2.24) is 0 Å². The quantitative estimate of drug-likeness (QED) is 0.322. The summed E-state index contributed by atoms with van der Waals surface area (Å²) < 4.78 is 20.3. The predicted octanol–water partition coefficient (Wildman–Crippen LogP) is 8.71. The molecule has 196 valence electrons. The molecule has 2 heterocycles. The van der Waals surface area contributed by atoms with E-state index in [2.05, 4.69) is 111 Å². The smallest absolute Gasteiger partial charge is 0.179 e. The summed E-state index contributed by atoms with van der Waals surface area (Å²) in [5, 5.41) is 0. The van der Waals surface area contributed by atoms with Crippen LogP contribution in [0.25, 0.3) is 0 Å². The van der Waals surface area contributed by atoms with Crippen LogP contribution in [0.1, 0.15) is 124 Å². The van der Waals surface area contributed by atoms with Gasteiger partial charge in [0.25, 0.3) is 0 Å². The second-order valence-electron chi connectivity index (χ2n) is 15.1. The van der Waals surface area contributed by atoms with Gasteiger partial charge in [0.2, 0.25) is 0 Å². The van der Waals surface area contributed by atoms with Gasteiger partial charge in [-0.2, -0.15) is 0 Å². The maximum absolute atomic E-state index is 7.31. The third-order valence-corrected chi connectivity index (χ3v) is 13.0. The number of ether oxygens (including phenoxy) is 3. The fourth-order valence-electron chi connectivity index (χ4n) is 6.25. The molecule has 0 bridgehead atoms. The van der Waals surface area contributed by atoms with Crippen LogP contribution in [-0.4, -0.2) is 24.8 Å². The van der Waals surface area contributed by atoms with Crippen LogP contribution in [-0.2, 0) is 14.2 Å². The Morgan fingerprint density at radius 2 is 0.788 bits per heavy atom. The molecule has 2 rings (SSSR count). The van der Waals surface area contributed by atoms with E-state index >= 15 is 0 Å². The van der Waals surface area contributed by atoms with E-state index in [-0.39, 0.29) is 32.5 Å². The summed E-state index contributed by atoms with van der Waals surface area (Å²) in [6.45, 7) is 39.5. The van der Waals surface area contributed by atoms with Gasteiger partial charge in [0, 0.05) is 23.7 Å². The minimum atomic E-state index is -0.654. The van der Waals surface area contributed by atoms with Crippen LogP contribution >= 0.6 is 0 Å². The molecule has 3 heteroatoms. The zero-order valence-corrected chi connectivity index (χ0v) is 25.2. The third-order valence-electron chi connectivity index (χ3n) is 13.0. The van der Waals surface area contributed by atoms with Crippen molar-refractivity contribution in [2.45, 2.75) is 135 Å². The Kier molecular flexibility index (Phi) is 7.24. The van der Waals surface area contributed by atoms with Gasteiger partial charge in [-0.15, -0.1) is 0 Å². The number of hydrogen-bond donors (Lipinski definition) is 0. The van der Waals surface area contributed by atoms with Crippen molar-refractivity contribution >= 4 is 0 Å². The minimum absolute atomic E-state index is 0.0314. The van der Waals surface area contributed by atoms with Crippen LogP contribution < -0.4 is 0 Å². The van der Waals surface area contributed by atoms with Gasteiger partial charge in [0.15, 0.2) is 11.6 Å². The molecule has 0 aromatic carbocycles. The van der Waals surface area contributed by atoms with Gasteiger partial charge in [0.05, 0.1) is 13.2 Å². The van der Waals surface area contributed by atoms with E-state index in [1.54, 1.807) is 0 Å². The maximum atomic E-state index is 7.31. The highest BCUT2D eigenvalue weighted by Crippen LogP contribution is 2.67. The summed E-state index contributed by atoms with van der Waals surface area (Å²) >= 11 is 0. The molecule has 2 aliphatic rings. The molecule has 0 spiro atoms. The van der Waals surface area contributed by atoms with Gasteiger partial charge in [0.1, 0.15) is 0 Å². The Bertz CT molecular complexity index is 638. The average molecular weight is 467 g/mol. The lowest BCUT2D eigenvalue weighted by Gasteiger charge is -2.69. The van der Waals surface area contributed by atoms with Gasteiger partial charge >= 0.3 is 0 Å². The molecule has 0 aromatic rings. The lowest BCUT2D eigenvalue weighted by molar-refractivity contribution is -0.497. The highest BCUT2D eigenvalue weighted by molar-refractivity contribution is 5.11. The second kappa shape index (κ2) is 8.20. The molecule has 0 aliphatic carbocycles. The Hall–Kier alpha value is -0.120. The number of hydrogen-bond acceptors (Lipinski definition) is 3. The van der Waals surface area contributed by atoms with Crippen LogP contribution in [0.5, 0.6) is 0 Å². The normalized spacial score (nSPS) is 28.2. The summed E-state index contributed by atoms with van der Waals surface area (Å²) in [6, 6.07) is 0. The van der Waals surface area contributed by atoms with E-state index in [9.17, 15) is 0 Å². The third kappa shape index (κ3) is 3.69. The molecule has 0 amide bonds. The van der Waals surface area contributed by atoms with Crippen molar-refractivity contribution in [2.24, 2.45) is 44.3 Å². The van der Waals surface area contributed by atoms with E-state index < -0.39 is 11.6 Å². The topological polar surface area (TPSA) is 27.7 Å². The molecule has 33 heavy (non-hydrogen) atoms. The molecule has 0 N–H and O–H groups in total. The first-order valence-corrected chi connectivity index (χ1v) is 13.5. The van der Waals surface area contributed by atoms with Crippen molar-refractivity contribution in [3.63, 3.8) is 0 Å². The van der Waals surface area contributed by atoms with Crippen LogP contribution in [0.4, 0.5) is 0 Å². The monoisotopic (exact) mass is 466 g/mol. The first-order valence-electron chi connectivity index (χ1n) is 13.5. The lowest BCUT2D eigenvalue weighted by atomic mass is 9.47. The Morgan fingerprint density at radius 1 is 0.545 bits per heavy atom. The van der Waals surface area contributed by atoms with Gasteiger partial charge in [-0.05, 0) is 33.5 Å². The zero-order valence-electron chi connectivity index (χ0n) is 25.2. The molecular weight excluding hydrogens is 408 g/mol. The fraction of sp³-hybridized carbons (Fsp3) is 1.00. The number of rotatable bonds is 10. The highest BCUT2D eigenvalue weighted by atomic mass is 16.8. The molecule has 2 fully saturated rings. The zero-order chi connectivity index (χ0) is 26.1. The first kappa shape index (κ1) is 29.1. The van der Waals surface area contributed by atoms with Crippen LogP contribution in [0.2, 0.25) is 0 Å². The van der Waals surface area contributed by atoms with Gasteiger partial charge < -0.3 is 14.2 Å². The van der Waals surface area contributed by atoms with Gasteiger partial charge in [-0.1, -0.05) is 111 Å². The molecule has 2 atom stereocenters. The molecule has 0 aromatic heterocycles. The molecule has 2 unspecified atom stereocenters. The van der Waals surface area contributed by atoms with Crippen LogP contribution in [0, 0.1) is 44.3 Å². The van der Waals surface area contributed by atoms with Gasteiger partial charge in [-0.3, -0.25) is 0 Å². The summed E-state index contributed by atoms with van der Waals surface area (Å²) in [5.74, 6) is -0.225. The summed E-state index contributed by atoms with van der Waals surface area (Å²) in [6.07, 6.45) is 1.82. The SMILES string of the molecule is CC(C)C(C)(C)C(C)(C)C(C)(C)C1(OC2(C(C)(C)C(C)(C)C(C)(C)C(C)C)CCO2)CCO1. The lowest BCUT2D eigenvalue weighted by Crippen LogP contribution is -2.73. The molecule has 0 saturated carbocycles.